The summed E-state index contributed by atoms with van der Waals surface area (Å²) in [5, 5.41) is 19.1. The van der Waals surface area contributed by atoms with Crippen LogP contribution in [0, 0.1) is 0 Å². The van der Waals surface area contributed by atoms with Crippen LogP contribution in [0.2, 0.25) is 0 Å². The van der Waals surface area contributed by atoms with Crippen LogP contribution in [0.4, 0.5) is 26.3 Å². The lowest BCUT2D eigenvalue weighted by Crippen LogP contribution is -2.57. The van der Waals surface area contributed by atoms with Crippen LogP contribution in [0.1, 0.15) is 16.8 Å². The van der Waals surface area contributed by atoms with Crippen molar-refractivity contribution in [1.29, 1.82) is 0 Å². The third-order valence-electron chi connectivity index (χ3n) is 5.09. The zero-order chi connectivity index (χ0) is 25.7. The molecule has 184 valence electrons. The first-order valence-corrected chi connectivity index (χ1v) is 10.6. The average Bonchev–Trinajstić information content (AvgIpc) is 2.70. The van der Waals surface area contributed by atoms with E-state index in [4.69, 9.17) is 5.11 Å². The Morgan fingerprint density at radius 2 is 1.47 bits per heavy atom. The van der Waals surface area contributed by atoms with Gasteiger partial charge in [0, 0.05) is 22.6 Å². The van der Waals surface area contributed by atoms with Gasteiger partial charge in [0.25, 0.3) is 15.7 Å². The summed E-state index contributed by atoms with van der Waals surface area (Å²) in [6.45, 7) is -1.47. The van der Waals surface area contributed by atoms with Crippen molar-refractivity contribution in [2.75, 3.05) is 6.61 Å². The van der Waals surface area contributed by atoms with Crippen molar-refractivity contribution in [3.05, 3.63) is 48.0 Å². The summed E-state index contributed by atoms with van der Waals surface area (Å²) >= 11 is 0. The lowest BCUT2D eigenvalue weighted by atomic mass is 9.97. The van der Waals surface area contributed by atoms with E-state index in [-0.39, 0.29) is 21.5 Å². The van der Waals surface area contributed by atoms with Gasteiger partial charge in [-0.25, -0.2) is 4.79 Å². The minimum atomic E-state index is -6.09. The van der Waals surface area contributed by atoms with Gasteiger partial charge in [-0.15, -0.1) is 0 Å². The molecule has 0 amide bonds. The monoisotopic (exact) mass is 512 g/mol. The lowest BCUT2D eigenvalue weighted by molar-refractivity contribution is -0.371. The van der Waals surface area contributed by atoms with Crippen LogP contribution in [-0.4, -0.2) is 53.7 Å². The fraction of sp³-hybridized carbons (Fsp3) is 0.250. The van der Waals surface area contributed by atoms with Crippen molar-refractivity contribution in [1.82, 2.24) is 0 Å². The van der Waals surface area contributed by atoms with Gasteiger partial charge in [0.05, 0.1) is 12.2 Å². The van der Waals surface area contributed by atoms with Crippen molar-refractivity contribution in [2.45, 2.75) is 29.3 Å². The number of hydrogen-bond acceptors (Lipinski definition) is 6. The molecule has 14 heteroatoms. The molecule has 7 nitrogen and oxygen atoms in total. The third-order valence-corrected chi connectivity index (χ3v) is 5.99. The molecule has 0 aliphatic carbocycles. The van der Waals surface area contributed by atoms with Crippen LogP contribution < -0.4 is 0 Å². The van der Waals surface area contributed by atoms with Gasteiger partial charge in [-0.2, -0.15) is 34.8 Å². The SMILES string of the molecule is O=C(OCCC(O)(C(F)(F)F)C(F)(F)F)c1cccc2c1cc(O)c1cccc(S(=O)(=O)O)c12. The summed E-state index contributed by atoms with van der Waals surface area (Å²) in [6.07, 6.45) is -14.2. The molecule has 0 unspecified atom stereocenters. The average molecular weight is 512 g/mol. The van der Waals surface area contributed by atoms with Gasteiger partial charge >= 0.3 is 18.3 Å². The predicted molar refractivity (Wildman–Crippen MR) is 105 cm³/mol. The minimum Gasteiger partial charge on any atom is -0.507 e. The van der Waals surface area contributed by atoms with Gasteiger partial charge in [0.1, 0.15) is 10.6 Å². The van der Waals surface area contributed by atoms with E-state index in [0.29, 0.717) is 0 Å². The maximum atomic E-state index is 12.8. The number of carbonyl (C=O) groups is 1. The number of phenols is 1. The number of carbonyl (C=O) groups excluding carboxylic acids is 1. The molecule has 0 fully saturated rings. The van der Waals surface area contributed by atoms with Crippen molar-refractivity contribution in [3.63, 3.8) is 0 Å². The maximum absolute atomic E-state index is 12.8. The van der Waals surface area contributed by atoms with Gasteiger partial charge in [-0.1, -0.05) is 24.3 Å². The number of rotatable bonds is 5. The number of fused-ring (bicyclic) bond motifs is 3. The molecule has 0 aliphatic rings. The van der Waals surface area contributed by atoms with E-state index in [9.17, 15) is 49.2 Å². The second kappa shape index (κ2) is 8.29. The Kier molecular flexibility index (Phi) is 6.22. The van der Waals surface area contributed by atoms with E-state index in [2.05, 4.69) is 4.74 Å². The first-order valence-electron chi connectivity index (χ1n) is 9.17. The summed E-state index contributed by atoms with van der Waals surface area (Å²) < 4.78 is 114. The predicted octanol–water partition coefficient (Wildman–Crippen LogP) is 4.35. The van der Waals surface area contributed by atoms with E-state index in [1.54, 1.807) is 0 Å². The topological polar surface area (TPSA) is 121 Å². The summed E-state index contributed by atoms with van der Waals surface area (Å²) in [5.41, 5.74) is -5.54. The Bertz CT molecular complexity index is 1370. The van der Waals surface area contributed by atoms with Crippen molar-refractivity contribution in [2.24, 2.45) is 0 Å². The lowest BCUT2D eigenvalue weighted by Gasteiger charge is -2.32. The molecule has 3 rings (SSSR count). The van der Waals surface area contributed by atoms with Crippen molar-refractivity contribution in [3.8, 4) is 5.75 Å². The second-order valence-corrected chi connectivity index (χ2v) is 8.58. The largest absolute Gasteiger partial charge is 0.507 e. The maximum Gasteiger partial charge on any atom is 0.426 e. The Balaban J connectivity index is 2.04. The molecule has 0 saturated carbocycles. The molecule has 3 aromatic rings. The summed E-state index contributed by atoms with van der Waals surface area (Å²) in [5.74, 6) is -1.93. The third kappa shape index (κ3) is 4.35. The van der Waals surface area contributed by atoms with E-state index in [1.807, 2.05) is 0 Å². The molecule has 0 saturated heterocycles. The number of esters is 1. The highest BCUT2D eigenvalue weighted by Gasteiger charge is 2.70. The fourth-order valence-corrected chi connectivity index (χ4v) is 4.11. The summed E-state index contributed by atoms with van der Waals surface area (Å²) in [7, 11) is -4.80. The van der Waals surface area contributed by atoms with E-state index >= 15 is 0 Å². The first kappa shape index (κ1) is 25.5. The molecule has 0 radical (unpaired) electrons. The highest BCUT2D eigenvalue weighted by atomic mass is 32.2. The van der Waals surface area contributed by atoms with Gasteiger partial charge in [0.15, 0.2) is 0 Å². The van der Waals surface area contributed by atoms with Crippen molar-refractivity contribution >= 4 is 37.6 Å². The second-order valence-electron chi connectivity index (χ2n) is 7.19. The first-order chi connectivity index (χ1) is 15.5. The van der Waals surface area contributed by atoms with E-state index in [0.717, 1.165) is 18.2 Å². The molecular weight excluding hydrogens is 498 g/mol. The zero-order valence-electron chi connectivity index (χ0n) is 16.6. The van der Waals surface area contributed by atoms with Crippen LogP contribution in [0.3, 0.4) is 0 Å². The highest BCUT2D eigenvalue weighted by Crippen LogP contribution is 2.45. The van der Waals surface area contributed by atoms with Crippen LogP contribution in [-0.2, 0) is 14.9 Å². The molecule has 0 heterocycles. The number of ether oxygens (including phenoxy) is 1. The molecule has 0 spiro atoms. The van der Waals surface area contributed by atoms with Crippen LogP contribution in [0.25, 0.3) is 21.5 Å². The summed E-state index contributed by atoms with van der Waals surface area (Å²) in [4.78, 5) is 11.8. The van der Waals surface area contributed by atoms with Gasteiger partial charge in [-0.3, -0.25) is 4.55 Å². The quantitative estimate of drug-likeness (QED) is 0.201. The molecule has 34 heavy (non-hydrogen) atoms. The molecule has 0 bridgehead atoms. The molecule has 0 atom stereocenters. The number of hydrogen-bond donors (Lipinski definition) is 3. The molecule has 0 aromatic heterocycles. The van der Waals surface area contributed by atoms with Gasteiger partial charge in [-0.05, 0) is 23.6 Å². The molecule has 3 N–H and O–H groups in total. The number of aromatic hydroxyl groups is 1. The normalized spacial score (nSPS) is 13.4. The van der Waals surface area contributed by atoms with Crippen LogP contribution >= 0.6 is 0 Å². The zero-order valence-corrected chi connectivity index (χ0v) is 17.4. The van der Waals surface area contributed by atoms with E-state index in [1.165, 1.54) is 24.3 Å². The Labute approximate surface area is 186 Å². The number of halogens is 6. The van der Waals surface area contributed by atoms with Crippen LogP contribution in [0.5, 0.6) is 5.75 Å². The number of alkyl halides is 6. The standard InChI is InChI=1S/C20H14F6O7S/c21-19(22,23)18(29,20(24,25)26)7-8-33-17(28)11-4-1-3-10-13(11)9-14(27)12-5-2-6-15(16(10)12)34(30,31)32/h1-6,9,27,29H,7-8H2,(H,30,31,32). The number of aliphatic hydroxyl groups is 1. The number of benzene rings is 3. The van der Waals surface area contributed by atoms with Gasteiger partial charge < -0.3 is 14.9 Å². The smallest absolute Gasteiger partial charge is 0.426 e. The number of phenolic OH excluding ortho intramolecular Hbond substituents is 1. The summed E-state index contributed by atoms with van der Waals surface area (Å²) in [6, 6.07) is 8.20. The fourth-order valence-electron chi connectivity index (χ4n) is 3.38. The molecular formula is C20H14F6O7S. The molecule has 0 aliphatic heterocycles. The van der Waals surface area contributed by atoms with Gasteiger partial charge in [0.2, 0.25) is 0 Å². The Morgan fingerprint density at radius 1 is 0.912 bits per heavy atom. The van der Waals surface area contributed by atoms with Crippen LogP contribution in [0.15, 0.2) is 47.4 Å². The Morgan fingerprint density at radius 3 is 2.03 bits per heavy atom. The van der Waals surface area contributed by atoms with E-state index < -0.39 is 63.3 Å². The minimum absolute atomic E-state index is 0.0116. The highest BCUT2D eigenvalue weighted by molar-refractivity contribution is 7.86. The Hall–Kier alpha value is -3.10. The van der Waals surface area contributed by atoms with Crippen molar-refractivity contribution < 1.29 is 59.1 Å². The molecule has 3 aromatic carbocycles.